The number of carbonyl (C=O) groups is 2. The number of rotatable bonds is 7. The van der Waals surface area contributed by atoms with Gasteiger partial charge in [-0.2, -0.15) is 0 Å². The summed E-state index contributed by atoms with van der Waals surface area (Å²) < 4.78 is 0. The number of benzene rings is 1. The molecule has 1 unspecified atom stereocenters. The highest BCUT2D eigenvalue weighted by molar-refractivity contribution is 5.87. The van der Waals surface area contributed by atoms with Crippen LogP contribution in [0.1, 0.15) is 12.5 Å². The topological polar surface area (TPSA) is 81.7 Å². The summed E-state index contributed by atoms with van der Waals surface area (Å²) in [6, 6.07) is 5.97. The van der Waals surface area contributed by atoms with E-state index in [9.17, 15) is 14.7 Å². The zero-order valence-corrected chi connectivity index (χ0v) is 12.7. The zero-order chi connectivity index (χ0) is 15.8. The van der Waals surface area contributed by atoms with Gasteiger partial charge in [-0.05, 0) is 31.8 Å². The smallest absolute Gasteiger partial charge is 0.242 e. The molecule has 0 aromatic heterocycles. The molecule has 0 heterocycles. The summed E-state index contributed by atoms with van der Waals surface area (Å²) in [6.45, 7) is 2.64. The van der Waals surface area contributed by atoms with Crippen LogP contribution in [0, 0.1) is 0 Å². The molecule has 1 aromatic rings. The van der Waals surface area contributed by atoms with Crippen molar-refractivity contribution in [1.82, 2.24) is 15.5 Å². The van der Waals surface area contributed by atoms with Crippen molar-refractivity contribution in [2.75, 3.05) is 27.2 Å². The third kappa shape index (κ3) is 6.76. The van der Waals surface area contributed by atoms with E-state index in [2.05, 4.69) is 10.6 Å². The molecule has 0 fully saturated rings. The fourth-order valence-electron chi connectivity index (χ4n) is 1.85. The Morgan fingerprint density at radius 2 is 1.86 bits per heavy atom. The zero-order valence-electron chi connectivity index (χ0n) is 12.7. The Hall–Kier alpha value is -2.08. The number of hydrogen-bond acceptors (Lipinski definition) is 4. The predicted molar refractivity (Wildman–Crippen MR) is 81.0 cm³/mol. The second kappa shape index (κ2) is 8.26. The van der Waals surface area contributed by atoms with Gasteiger partial charge in [0, 0.05) is 26.4 Å². The number of amides is 2. The highest BCUT2D eigenvalue weighted by Crippen LogP contribution is 2.11. The first-order valence-corrected chi connectivity index (χ1v) is 6.86. The standard InChI is InChI=1S/C15H23N3O3/c1-11(19)17-14(15(21)16-8-9-18(2)3)10-12-4-6-13(20)7-5-12/h4-7,14,20H,8-10H2,1-3H3,(H,16,21)(H,17,19). The molecule has 3 N–H and O–H groups in total. The molecule has 116 valence electrons. The van der Waals surface area contributed by atoms with Gasteiger partial charge in [0.2, 0.25) is 11.8 Å². The van der Waals surface area contributed by atoms with Crippen LogP contribution in [0.15, 0.2) is 24.3 Å². The summed E-state index contributed by atoms with van der Waals surface area (Å²) in [4.78, 5) is 25.3. The molecule has 0 spiro atoms. The molecule has 0 radical (unpaired) electrons. The lowest BCUT2D eigenvalue weighted by Crippen LogP contribution is -2.48. The largest absolute Gasteiger partial charge is 0.508 e. The Morgan fingerprint density at radius 1 is 1.24 bits per heavy atom. The van der Waals surface area contributed by atoms with Gasteiger partial charge in [-0.1, -0.05) is 12.1 Å². The number of likely N-dealkylation sites (N-methyl/N-ethyl adjacent to an activating group) is 1. The normalized spacial score (nSPS) is 12.0. The maximum absolute atomic E-state index is 12.1. The monoisotopic (exact) mass is 293 g/mol. The summed E-state index contributed by atoms with van der Waals surface area (Å²) in [5.74, 6) is -0.285. The molecule has 6 heteroatoms. The molecule has 21 heavy (non-hydrogen) atoms. The number of carbonyl (C=O) groups excluding carboxylic acids is 2. The van der Waals surface area contributed by atoms with E-state index in [0.717, 1.165) is 12.1 Å². The van der Waals surface area contributed by atoms with E-state index in [-0.39, 0.29) is 17.6 Å². The summed E-state index contributed by atoms with van der Waals surface area (Å²) in [5, 5.41) is 14.7. The van der Waals surface area contributed by atoms with Crippen LogP contribution < -0.4 is 10.6 Å². The van der Waals surface area contributed by atoms with Gasteiger partial charge in [0.05, 0.1) is 0 Å². The first-order valence-electron chi connectivity index (χ1n) is 6.86. The van der Waals surface area contributed by atoms with Crippen molar-refractivity contribution in [2.24, 2.45) is 0 Å². The van der Waals surface area contributed by atoms with Gasteiger partial charge in [-0.15, -0.1) is 0 Å². The van der Waals surface area contributed by atoms with Crippen LogP contribution in [-0.2, 0) is 16.0 Å². The summed E-state index contributed by atoms with van der Waals surface area (Å²) in [5.41, 5.74) is 0.870. The lowest BCUT2D eigenvalue weighted by atomic mass is 10.0. The number of nitrogens with zero attached hydrogens (tertiary/aromatic N) is 1. The van der Waals surface area contributed by atoms with E-state index < -0.39 is 6.04 Å². The number of phenols is 1. The highest BCUT2D eigenvalue weighted by atomic mass is 16.3. The molecule has 1 atom stereocenters. The minimum atomic E-state index is -0.616. The lowest BCUT2D eigenvalue weighted by Gasteiger charge is -2.18. The van der Waals surface area contributed by atoms with Gasteiger partial charge in [-0.3, -0.25) is 9.59 Å². The molecule has 0 aliphatic rings. The molecule has 0 aliphatic carbocycles. The minimum absolute atomic E-state index is 0.172. The van der Waals surface area contributed by atoms with Crippen LogP contribution in [0.5, 0.6) is 5.75 Å². The highest BCUT2D eigenvalue weighted by Gasteiger charge is 2.19. The second-order valence-electron chi connectivity index (χ2n) is 5.22. The van der Waals surface area contributed by atoms with E-state index in [1.54, 1.807) is 24.3 Å². The molecule has 0 bridgehead atoms. The van der Waals surface area contributed by atoms with Gasteiger partial charge >= 0.3 is 0 Å². The predicted octanol–water partition coefficient (Wildman–Crippen LogP) is 0.117. The molecule has 2 amide bonds. The van der Waals surface area contributed by atoms with Crippen molar-refractivity contribution in [2.45, 2.75) is 19.4 Å². The van der Waals surface area contributed by atoms with Crippen LogP contribution in [0.2, 0.25) is 0 Å². The lowest BCUT2D eigenvalue weighted by molar-refractivity contribution is -0.128. The summed E-state index contributed by atoms with van der Waals surface area (Å²) in [6.07, 6.45) is 0.383. The van der Waals surface area contributed by atoms with Crippen LogP contribution in [0.3, 0.4) is 0 Å². The first kappa shape index (κ1) is 17.0. The number of hydrogen-bond donors (Lipinski definition) is 3. The van der Waals surface area contributed by atoms with Crippen molar-refractivity contribution in [3.8, 4) is 5.75 Å². The number of nitrogens with one attached hydrogen (secondary N) is 2. The van der Waals surface area contributed by atoms with Crippen LogP contribution in [0.25, 0.3) is 0 Å². The average Bonchev–Trinajstić information content (AvgIpc) is 2.39. The SMILES string of the molecule is CC(=O)NC(Cc1ccc(O)cc1)C(=O)NCCN(C)C. The van der Waals surface area contributed by atoms with Gasteiger partial charge in [-0.25, -0.2) is 0 Å². The van der Waals surface area contributed by atoms with Gasteiger partial charge in [0.1, 0.15) is 11.8 Å². The summed E-state index contributed by atoms with van der Waals surface area (Å²) in [7, 11) is 3.85. The molecule has 0 aliphatic heterocycles. The first-order chi connectivity index (χ1) is 9.88. The average molecular weight is 293 g/mol. The Balaban J connectivity index is 2.63. The van der Waals surface area contributed by atoms with Crippen LogP contribution >= 0.6 is 0 Å². The van der Waals surface area contributed by atoms with E-state index in [1.165, 1.54) is 6.92 Å². The van der Waals surface area contributed by atoms with Crippen molar-refractivity contribution in [1.29, 1.82) is 0 Å². The maximum Gasteiger partial charge on any atom is 0.242 e. The van der Waals surface area contributed by atoms with Crippen molar-refractivity contribution < 1.29 is 14.7 Å². The van der Waals surface area contributed by atoms with E-state index in [1.807, 2.05) is 19.0 Å². The number of aromatic hydroxyl groups is 1. The Morgan fingerprint density at radius 3 is 2.38 bits per heavy atom. The molecule has 0 saturated heterocycles. The van der Waals surface area contributed by atoms with Gasteiger partial charge < -0.3 is 20.6 Å². The minimum Gasteiger partial charge on any atom is -0.508 e. The summed E-state index contributed by atoms with van der Waals surface area (Å²) >= 11 is 0. The molecule has 6 nitrogen and oxygen atoms in total. The fourth-order valence-corrected chi connectivity index (χ4v) is 1.85. The van der Waals surface area contributed by atoms with Crippen molar-refractivity contribution >= 4 is 11.8 Å². The third-order valence-electron chi connectivity index (χ3n) is 2.93. The molecular formula is C15H23N3O3. The van der Waals surface area contributed by atoms with Gasteiger partial charge in [0.15, 0.2) is 0 Å². The van der Waals surface area contributed by atoms with Crippen LogP contribution in [0.4, 0.5) is 0 Å². The van der Waals surface area contributed by atoms with E-state index >= 15 is 0 Å². The maximum atomic E-state index is 12.1. The molecule has 0 saturated carbocycles. The molecule has 1 aromatic carbocycles. The quantitative estimate of drug-likeness (QED) is 0.667. The second-order valence-corrected chi connectivity index (χ2v) is 5.22. The Labute approximate surface area is 125 Å². The fraction of sp³-hybridized carbons (Fsp3) is 0.467. The van der Waals surface area contributed by atoms with Crippen LogP contribution in [-0.4, -0.2) is 55.0 Å². The third-order valence-corrected chi connectivity index (χ3v) is 2.93. The van der Waals surface area contributed by atoms with E-state index in [0.29, 0.717) is 13.0 Å². The molecule has 1 rings (SSSR count). The van der Waals surface area contributed by atoms with Crippen molar-refractivity contribution in [3.05, 3.63) is 29.8 Å². The molecular weight excluding hydrogens is 270 g/mol. The van der Waals surface area contributed by atoms with E-state index in [4.69, 9.17) is 0 Å². The number of phenolic OH excluding ortho intramolecular Hbond substituents is 1. The Bertz CT molecular complexity index is 472. The Kier molecular flexibility index (Phi) is 6.68. The van der Waals surface area contributed by atoms with Gasteiger partial charge in [0.25, 0.3) is 0 Å². The van der Waals surface area contributed by atoms with Crippen molar-refractivity contribution in [3.63, 3.8) is 0 Å².